The van der Waals surface area contributed by atoms with Gasteiger partial charge in [-0.3, -0.25) is 0 Å². The summed E-state index contributed by atoms with van der Waals surface area (Å²) in [6.45, 7) is 9.44. The van der Waals surface area contributed by atoms with Crippen molar-refractivity contribution in [2.75, 3.05) is 19.6 Å². The van der Waals surface area contributed by atoms with Gasteiger partial charge in [0.2, 0.25) is 0 Å². The van der Waals surface area contributed by atoms with Crippen LogP contribution in [0.5, 0.6) is 0 Å². The van der Waals surface area contributed by atoms with E-state index in [4.69, 9.17) is 0 Å². The van der Waals surface area contributed by atoms with Crippen molar-refractivity contribution >= 4 is 0 Å². The lowest BCUT2D eigenvalue weighted by atomic mass is 10.1. The minimum atomic E-state index is -0.151. The van der Waals surface area contributed by atoms with Gasteiger partial charge in [0, 0.05) is 5.54 Å². The first-order valence-electron chi connectivity index (χ1n) is 6.67. The fourth-order valence-electron chi connectivity index (χ4n) is 1.73. The summed E-state index contributed by atoms with van der Waals surface area (Å²) in [6, 6.07) is 6.81. The molecule has 1 rings (SSSR count). The Morgan fingerprint density at radius 2 is 1.89 bits per heavy atom. The van der Waals surface area contributed by atoms with Crippen LogP contribution in [0.3, 0.4) is 0 Å². The minimum Gasteiger partial charge on any atom is -0.316 e. The van der Waals surface area contributed by atoms with E-state index in [0.717, 1.165) is 38.0 Å². The van der Waals surface area contributed by atoms with Gasteiger partial charge in [0.25, 0.3) is 0 Å². The van der Waals surface area contributed by atoms with Crippen molar-refractivity contribution in [3.63, 3.8) is 0 Å². The first-order chi connectivity index (χ1) is 8.47. The van der Waals surface area contributed by atoms with Crippen LogP contribution in [-0.2, 0) is 6.42 Å². The van der Waals surface area contributed by atoms with E-state index in [9.17, 15) is 4.39 Å². The van der Waals surface area contributed by atoms with E-state index in [2.05, 4.69) is 31.4 Å². The van der Waals surface area contributed by atoms with Crippen LogP contribution in [0.4, 0.5) is 4.39 Å². The number of rotatable bonds is 7. The molecule has 1 aromatic rings. The molecule has 0 bridgehead atoms. The average molecular weight is 252 g/mol. The predicted molar refractivity (Wildman–Crippen MR) is 75.3 cm³/mol. The molecule has 0 saturated carbocycles. The third-order valence-electron chi connectivity index (χ3n) is 2.67. The van der Waals surface area contributed by atoms with E-state index in [1.807, 2.05) is 6.07 Å². The Bertz CT molecular complexity index is 345. The van der Waals surface area contributed by atoms with Gasteiger partial charge >= 0.3 is 0 Å². The summed E-state index contributed by atoms with van der Waals surface area (Å²) in [6.07, 6.45) is 1.99. The fraction of sp³-hybridized carbons (Fsp3) is 0.600. The highest BCUT2D eigenvalue weighted by atomic mass is 19.1. The van der Waals surface area contributed by atoms with Crippen molar-refractivity contribution in [1.29, 1.82) is 0 Å². The Kier molecular flexibility index (Phi) is 6.30. The molecular weight excluding hydrogens is 227 g/mol. The van der Waals surface area contributed by atoms with E-state index in [1.165, 1.54) is 6.07 Å². The van der Waals surface area contributed by atoms with Gasteiger partial charge in [-0.2, -0.15) is 0 Å². The second-order valence-electron chi connectivity index (χ2n) is 5.66. The van der Waals surface area contributed by atoms with Gasteiger partial charge in [-0.15, -0.1) is 0 Å². The van der Waals surface area contributed by atoms with Crippen molar-refractivity contribution in [3.8, 4) is 0 Å². The molecule has 102 valence electrons. The number of hydrogen-bond donors (Lipinski definition) is 2. The molecule has 0 aromatic heterocycles. The van der Waals surface area contributed by atoms with Crippen LogP contribution in [0.2, 0.25) is 0 Å². The standard InChI is InChI=1S/C15H25FN2/c1-15(2,3)18-10-5-9-17-11-8-13-6-4-7-14(16)12-13/h4,6-7,12,17-18H,5,8-11H2,1-3H3. The molecule has 0 aliphatic heterocycles. The van der Waals surface area contributed by atoms with Gasteiger partial charge in [0.15, 0.2) is 0 Å². The Balaban J connectivity index is 2.02. The van der Waals surface area contributed by atoms with Gasteiger partial charge in [0.05, 0.1) is 0 Å². The molecule has 1 aromatic carbocycles. The smallest absolute Gasteiger partial charge is 0.123 e. The van der Waals surface area contributed by atoms with Crippen LogP contribution in [0.15, 0.2) is 24.3 Å². The van der Waals surface area contributed by atoms with Crippen molar-refractivity contribution in [2.24, 2.45) is 0 Å². The zero-order valence-electron chi connectivity index (χ0n) is 11.7. The van der Waals surface area contributed by atoms with Crippen LogP contribution < -0.4 is 10.6 Å². The minimum absolute atomic E-state index is 0.151. The molecule has 18 heavy (non-hydrogen) atoms. The monoisotopic (exact) mass is 252 g/mol. The maximum atomic E-state index is 12.9. The maximum Gasteiger partial charge on any atom is 0.123 e. The molecular formula is C15H25FN2. The average Bonchev–Trinajstić information content (AvgIpc) is 2.26. The number of halogens is 1. The van der Waals surface area contributed by atoms with Crippen LogP contribution in [-0.4, -0.2) is 25.2 Å². The van der Waals surface area contributed by atoms with E-state index in [0.29, 0.717) is 0 Å². The number of benzene rings is 1. The lowest BCUT2D eigenvalue weighted by Gasteiger charge is -2.20. The number of hydrogen-bond acceptors (Lipinski definition) is 2. The van der Waals surface area contributed by atoms with Gasteiger partial charge in [-0.1, -0.05) is 12.1 Å². The van der Waals surface area contributed by atoms with Crippen molar-refractivity contribution < 1.29 is 4.39 Å². The molecule has 2 nitrogen and oxygen atoms in total. The van der Waals surface area contributed by atoms with E-state index >= 15 is 0 Å². The first kappa shape index (κ1) is 15.1. The van der Waals surface area contributed by atoms with Crippen LogP contribution >= 0.6 is 0 Å². The molecule has 0 aliphatic rings. The Hall–Kier alpha value is -0.930. The molecule has 0 heterocycles. The summed E-state index contributed by atoms with van der Waals surface area (Å²) in [4.78, 5) is 0. The quantitative estimate of drug-likeness (QED) is 0.729. The molecule has 0 unspecified atom stereocenters. The molecule has 3 heteroatoms. The molecule has 0 fully saturated rings. The number of nitrogens with one attached hydrogen (secondary N) is 2. The van der Waals surface area contributed by atoms with Crippen molar-refractivity contribution in [1.82, 2.24) is 10.6 Å². The Labute approximate surface area is 110 Å². The molecule has 0 aliphatic carbocycles. The lowest BCUT2D eigenvalue weighted by molar-refractivity contribution is 0.419. The largest absolute Gasteiger partial charge is 0.316 e. The van der Waals surface area contributed by atoms with E-state index < -0.39 is 0 Å². The molecule has 2 N–H and O–H groups in total. The van der Waals surface area contributed by atoms with Crippen LogP contribution in [0.1, 0.15) is 32.8 Å². The van der Waals surface area contributed by atoms with E-state index in [1.54, 1.807) is 12.1 Å². The normalized spacial score (nSPS) is 11.8. The second-order valence-corrected chi connectivity index (χ2v) is 5.66. The highest BCUT2D eigenvalue weighted by Crippen LogP contribution is 2.03. The topological polar surface area (TPSA) is 24.1 Å². The van der Waals surface area contributed by atoms with Crippen molar-refractivity contribution in [2.45, 2.75) is 39.2 Å². The molecule has 0 spiro atoms. The van der Waals surface area contributed by atoms with Gasteiger partial charge < -0.3 is 10.6 Å². The summed E-state index contributed by atoms with van der Waals surface area (Å²) in [5.41, 5.74) is 1.25. The summed E-state index contributed by atoms with van der Waals surface area (Å²) in [5.74, 6) is -0.151. The third kappa shape index (κ3) is 7.41. The van der Waals surface area contributed by atoms with Crippen LogP contribution in [0, 0.1) is 5.82 Å². The fourth-order valence-corrected chi connectivity index (χ4v) is 1.73. The molecule has 0 atom stereocenters. The summed E-state index contributed by atoms with van der Waals surface area (Å²) >= 11 is 0. The zero-order chi connectivity index (χ0) is 13.4. The highest BCUT2D eigenvalue weighted by Gasteiger charge is 2.06. The SMILES string of the molecule is CC(C)(C)NCCCNCCc1cccc(F)c1. The van der Waals surface area contributed by atoms with Gasteiger partial charge in [-0.05, 0) is 70.9 Å². The molecule has 0 radical (unpaired) electrons. The summed E-state index contributed by atoms with van der Waals surface area (Å²) in [7, 11) is 0. The van der Waals surface area contributed by atoms with Gasteiger partial charge in [0.1, 0.15) is 5.82 Å². The Morgan fingerprint density at radius 3 is 2.56 bits per heavy atom. The molecule has 0 saturated heterocycles. The highest BCUT2D eigenvalue weighted by molar-refractivity contribution is 5.16. The summed E-state index contributed by atoms with van der Waals surface area (Å²) < 4.78 is 12.9. The predicted octanol–water partition coefficient (Wildman–Crippen LogP) is 2.74. The summed E-state index contributed by atoms with van der Waals surface area (Å²) in [5, 5.41) is 6.83. The zero-order valence-corrected chi connectivity index (χ0v) is 11.7. The third-order valence-corrected chi connectivity index (χ3v) is 2.67. The maximum absolute atomic E-state index is 12.9. The Morgan fingerprint density at radius 1 is 1.11 bits per heavy atom. The first-order valence-corrected chi connectivity index (χ1v) is 6.67. The molecule has 0 amide bonds. The van der Waals surface area contributed by atoms with Gasteiger partial charge in [-0.25, -0.2) is 4.39 Å². The van der Waals surface area contributed by atoms with Crippen molar-refractivity contribution in [3.05, 3.63) is 35.6 Å². The van der Waals surface area contributed by atoms with Crippen LogP contribution in [0.25, 0.3) is 0 Å². The van der Waals surface area contributed by atoms with E-state index in [-0.39, 0.29) is 11.4 Å². The lowest BCUT2D eigenvalue weighted by Crippen LogP contribution is -2.37. The second kappa shape index (κ2) is 7.49.